The highest BCUT2D eigenvalue weighted by Gasteiger charge is 2.25. The van der Waals surface area contributed by atoms with Crippen LogP contribution in [0.3, 0.4) is 0 Å². The molecular formula is C50H32N2O. The number of para-hydroxylation sites is 3. The summed E-state index contributed by atoms with van der Waals surface area (Å²) in [6.45, 7) is 0. The smallest absolute Gasteiger partial charge is 0.160 e. The van der Waals surface area contributed by atoms with Crippen molar-refractivity contribution in [1.82, 2.24) is 4.57 Å². The van der Waals surface area contributed by atoms with Crippen LogP contribution in [0.25, 0.3) is 82.1 Å². The van der Waals surface area contributed by atoms with E-state index in [0.29, 0.717) is 0 Å². The number of fused-ring (bicyclic) bond motifs is 10. The Morgan fingerprint density at radius 2 is 1.06 bits per heavy atom. The Morgan fingerprint density at radius 3 is 1.89 bits per heavy atom. The molecule has 2 aromatic heterocycles. The van der Waals surface area contributed by atoms with E-state index in [-0.39, 0.29) is 0 Å². The van der Waals surface area contributed by atoms with Crippen LogP contribution in [0.4, 0.5) is 17.1 Å². The molecule has 248 valence electrons. The van der Waals surface area contributed by atoms with Gasteiger partial charge in [0.1, 0.15) is 5.58 Å². The van der Waals surface area contributed by atoms with E-state index in [4.69, 9.17) is 4.42 Å². The summed E-state index contributed by atoms with van der Waals surface area (Å²) in [6, 6.07) is 69.6. The first-order chi connectivity index (χ1) is 26.3. The molecule has 0 radical (unpaired) electrons. The Morgan fingerprint density at radius 1 is 0.415 bits per heavy atom. The number of nitrogens with zero attached hydrogens (tertiary/aromatic N) is 2. The van der Waals surface area contributed by atoms with Gasteiger partial charge in [0.25, 0.3) is 0 Å². The summed E-state index contributed by atoms with van der Waals surface area (Å²) < 4.78 is 9.41. The second kappa shape index (κ2) is 11.7. The van der Waals surface area contributed by atoms with Crippen LogP contribution in [-0.4, -0.2) is 4.57 Å². The first kappa shape index (κ1) is 29.6. The van der Waals surface area contributed by atoms with Crippen molar-refractivity contribution >= 4 is 82.4 Å². The second-order valence-electron chi connectivity index (χ2n) is 13.7. The van der Waals surface area contributed by atoms with Crippen molar-refractivity contribution in [2.24, 2.45) is 0 Å². The molecule has 0 aliphatic heterocycles. The largest absolute Gasteiger partial charge is 0.454 e. The summed E-state index contributed by atoms with van der Waals surface area (Å²) in [6.07, 6.45) is 0. The molecule has 11 rings (SSSR count). The number of aromatic nitrogens is 1. The lowest BCUT2D eigenvalue weighted by Crippen LogP contribution is -2.11. The zero-order valence-electron chi connectivity index (χ0n) is 28.8. The Bertz CT molecular complexity index is 3170. The minimum Gasteiger partial charge on any atom is -0.454 e. The van der Waals surface area contributed by atoms with Gasteiger partial charge in [0.05, 0.1) is 22.4 Å². The zero-order chi connectivity index (χ0) is 34.9. The molecule has 0 fully saturated rings. The quantitative estimate of drug-likeness (QED) is 0.181. The van der Waals surface area contributed by atoms with Gasteiger partial charge in [-0.1, -0.05) is 140 Å². The van der Waals surface area contributed by atoms with Crippen LogP contribution in [0.5, 0.6) is 0 Å². The Hall–Kier alpha value is -7.10. The fraction of sp³-hybridized carbons (Fsp3) is 0. The molecule has 0 N–H and O–H groups in total. The van der Waals surface area contributed by atoms with Gasteiger partial charge in [-0.2, -0.15) is 0 Å². The third-order valence-electron chi connectivity index (χ3n) is 10.7. The van der Waals surface area contributed by atoms with Gasteiger partial charge in [0, 0.05) is 38.5 Å². The van der Waals surface area contributed by atoms with Crippen LogP contribution in [0, 0.1) is 0 Å². The van der Waals surface area contributed by atoms with Crippen molar-refractivity contribution in [3.63, 3.8) is 0 Å². The highest BCUT2D eigenvalue weighted by atomic mass is 16.3. The summed E-state index contributed by atoms with van der Waals surface area (Å²) in [4.78, 5) is 2.41. The number of anilines is 3. The molecule has 11 aromatic rings. The maximum Gasteiger partial charge on any atom is 0.160 e. The Labute approximate surface area is 306 Å². The van der Waals surface area contributed by atoms with Crippen molar-refractivity contribution in [2.45, 2.75) is 0 Å². The average molecular weight is 677 g/mol. The van der Waals surface area contributed by atoms with Gasteiger partial charge in [-0.05, 0) is 81.7 Å². The summed E-state index contributed by atoms with van der Waals surface area (Å²) in [5.74, 6) is 0. The number of benzene rings is 9. The maximum absolute atomic E-state index is 7.04. The highest BCUT2D eigenvalue weighted by Crippen LogP contribution is 2.49. The lowest BCUT2D eigenvalue weighted by Gasteiger charge is -2.28. The summed E-state index contributed by atoms with van der Waals surface area (Å²) >= 11 is 0. The predicted octanol–water partition coefficient (Wildman–Crippen LogP) is 14.1. The number of rotatable bonds is 5. The SMILES string of the molecule is c1ccc(-c2ccccc2N(c2ccc3c(c2)c2ccccc2n3-c2ccccc2)c2cc3ccccc3c3c2oc2ccc4ccccc4c23)cc1. The minimum atomic E-state index is 0.865. The van der Waals surface area contributed by atoms with Crippen LogP contribution >= 0.6 is 0 Å². The highest BCUT2D eigenvalue weighted by molar-refractivity contribution is 6.29. The van der Waals surface area contributed by atoms with E-state index in [1.807, 2.05) is 0 Å². The van der Waals surface area contributed by atoms with E-state index < -0.39 is 0 Å². The Balaban J connectivity index is 1.27. The van der Waals surface area contributed by atoms with E-state index in [2.05, 4.69) is 204 Å². The standard InChI is InChI=1S/C50H32N2O/c1-3-15-33(16-4-1)38-21-11-13-25-43(38)52(37-28-29-45-42(32-37)41-24-12-14-26-44(41)51(45)36-19-5-2-6-20-36)46-31-35-18-8-10-23-40(35)49-48-39-22-9-7-17-34(39)27-30-47(48)53-50(46)49/h1-32H. The van der Waals surface area contributed by atoms with Crippen molar-refractivity contribution < 1.29 is 4.42 Å². The molecule has 9 aromatic carbocycles. The third kappa shape index (κ3) is 4.54. The van der Waals surface area contributed by atoms with Crippen molar-refractivity contribution in [3.8, 4) is 16.8 Å². The van der Waals surface area contributed by atoms with Gasteiger partial charge in [-0.25, -0.2) is 0 Å². The van der Waals surface area contributed by atoms with Crippen LogP contribution in [0.1, 0.15) is 0 Å². The average Bonchev–Trinajstić information content (AvgIpc) is 3.79. The summed E-state index contributed by atoms with van der Waals surface area (Å²) in [5, 5.41) is 9.41. The van der Waals surface area contributed by atoms with Gasteiger partial charge in [-0.3, -0.25) is 0 Å². The normalized spacial score (nSPS) is 11.8. The maximum atomic E-state index is 7.04. The molecule has 0 saturated carbocycles. The number of hydrogen-bond acceptors (Lipinski definition) is 2. The molecule has 0 amide bonds. The fourth-order valence-corrected chi connectivity index (χ4v) is 8.43. The molecule has 0 saturated heterocycles. The molecule has 2 heterocycles. The molecular weight excluding hydrogens is 645 g/mol. The molecule has 0 aliphatic rings. The fourth-order valence-electron chi connectivity index (χ4n) is 8.43. The van der Waals surface area contributed by atoms with Crippen LogP contribution < -0.4 is 4.90 Å². The van der Waals surface area contributed by atoms with Gasteiger partial charge in [0.15, 0.2) is 5.58 Å². The lowest BCUT2D eigenvalue weighted by atomic mass is 9.97. The number of furan rings is 1. The first-order valence-electron chi connectivity index (χ1n) is 18.1. The van der Waals surface area contributed by atoms with Crippen LogP contribution in [-0.2, 0) is 0 Å². The number of hydrogen-bond donors (Lipinski definition) is 0. The van der Waals surface area contributed by atoms with Crippen molar-refractivity contribution in [3.05, 3.63) is 194 Å². The van der Waals surface area contributed by atoms with Crippen LogP contribution in [0.2, 0.25) is 0 Å². The first-order valence-corrected chi connectivity index (χ1v) is 18.1. The van der Waals surface area contributed by atoms with Gasteiger partial charge in [0.2, 0.25) is 0 Å². The third-order valence-corrected chi connectivity index (χ3v) is 10.7. The van der Waals surface area contributed by atoms with E-state index in [1.165, 1.54) is 32.4 Å². The van der Waals surface area contributed by atoms with E-state index >= 15 is 0 Å². The molecule has 0 aliphatic carbocycles. The Kier molecular flexibility index (Phi) is 6.55. The van der Waals surface area contributed by atoms with E-state index in [9.17, 15) is 0 Å². The predicted molar refractivity (Wildman–Crippen MR) is 223 cm³/mol. The molecule has 0 unspecified atom stereocenters. The van der Waals surface area contributed by atoms with Crippen molar-refractivity contribution in [2.75, 3.05) is 4.90 Å². The molecule has 3 heteroatoms. The van der Waals surface area contributed by atoms with E-state index in [1.54, 1.807) is 0 Å². The van der Waals surface area contributed by atoms with E-state index in [0.717, 1.165) is 66.7 Å². The zero-order valence-corrected chi connectivity index (χ0v) is 28.8. The lowest BCUT2D eigenvalue weighted by molar-refractivity contribution is 0.669. The summed E-state index contributed by atoms with van der Waals surface area (Å²) in [5.41, 5.74) is 10.7. The molecule has 0 atom stereocenters. The van der Waals surface area contributed by atoms with Gasteiger partial charge >= 0.3 is 0 Å². The second-order valence-corrected chi connectivity index (χ2v) is 13.7. The van der Waals surface area contributed by atoms with Crippen molar-refractivity contribution in [1.29, 1.82) is 0 Å². The van der Waals surface area contributed by atoms with Crippen LogP contribution in [0.15, 0.2) is 199 Å². The van der Waals surface area contributed by atoms with Gasteiger partial charge < -0.3 is 13.9 Å². The molecule has 3 nitrogen and oxygen atoms in total. The monoisotopic (exact) mass is 676 g/mol. The molecule has 53 heavy (non-hydrogen) atoms. The minimum absolute atomic E-state index is 0.865. The topological polar surface area (TPSA) is 21.3 Å². The van der Waals surface area contributed by atoms with Gasteiger partial charge in [-0.15, -0.1) is 0 Å². The summed E-state index contributed by atoms with van der Waals surface area (Å²) in [7, 11) is 0. The molecule has 0 spiro atoms. The molecule has 0 bridgehead atoms.